The van der Waals surface area contributed by atoms with Crippen molar-refractivity contribution < 1.29 is 9.59 Å². The van der Waals surface area contributed by atoms with E-state index >= 15 is 0 Å². The quantitative estimate of drug-likeness (QED) is 0.870. The second kappa shape index (κ2) is 7.12. The second-order valence-corrected chi connectivity index (χ2v) is 7.44. The summed E-state index contributed by atoms with van der Waals surface area (Å²) < 4.78 is 0. The number of likely N-dealkylation sites (tertiary alicyclic amines) is 1. The molecule has 2 N–H and O–H groups in total. The Hall–Kier alpha value is -2.73. The number of carbonyl (C=O) groups excluding carboxylic acids is 2. The SMILES string of the molecule is CC(=O)N[C@]12CN[C@H](c3ccccc3)[C@H]1CCN(C(=O)c1ccccn1)C2. The van der Waals surface area contributed by atoms with Crippen LogP contribution in [0.1, 0.15) is 35.4 Å². The van der Waals surface area contributed by atoms with Gasteiger partial charge >= 0.3 is 0 Å². The van der Waals surface area contributed by atoms with E-state index in [0.717, 1.165) is 6.42 Å². The highest BCUT2D eigenvalue weighted by atomic mass is 16.2. The summed E-state index contributed by atoms with van der Waals surface area (Å²) in [6.45, 7) is 3.33. The van der Waals surface area contributed by atoms with E-state index in [9.17, 15) is 9.59 Å². The summed E-state index contributed by atoms with van der Waals surface area (Å²) in [5.41, 5.74) is 1.20. The number of fused-ring (bicyclic) bond motifs is 1. The number of hydrogen-bond acceptors (Lipinski definition) is 4. The average molecular weight is 364 g/mol. The van der Waals surface area contributed by atoms with Gasteiger partial charge < -0.3 is 15.5 Å². The first kappa shape index (κ1) is 17.7. The fraction of sp³-hybridized carbons (Fsp3) is 0.381. The zero-order valence-electron chi connectivity index (χ0n) is 15.4. The van der Waals surface area contributed by atoms with E-state index in [0.29, 0.717) is 25.3 Å². The number of amides is 2. The lowest BCUT2D eigenvalue weighted by molar-refractivity contribution is -0.122. The minimum absolute atomic E-state index is 0.0670. The van der Waals surface area contributed by atoms with Crippen LogP contribution in [0.4, 0.5) is 0 Å². The predicted molar refractivity (Wildman–Crippen MR) is 102 cm³/mol. The first-order valence-electron chi connectivity index (χ1n) is 9.36. The molecule has 2 fully saturated rings. The molecule has 3 atom stereocenters. The molecule has 140 valence electrons. The molecule has 0 radical (unpaired) electrons. The van der Waals surface area contributed by atoms with E-state index in [1.54, 1.807) is 25.3 Å². The van der Waals surface area contributed by atoms with Crippen molar-refractivity contribution in [3.63, 3.8) is 0 Å². The van der Waals surface area contributed by atoms with E-state index in [4.69, 9.17) is 0 Å². The molecule has 2 amide bonds. The molecule has 6 heteroatoms. The van der Waals surface area contributed by atoms with Crippen molar-refractivity contribution in [2.75, 3.05) is 19.6 Å². The van der Waals surface area contributed by atoms with Gasteiger partial charge in [0.05, 0.1) is 5.54 Å². The van der Waals surface area contributed by atoms with Gasteiger partial charge in [-0.15, -0.1) is 0 Å². The highest BCUT2D eigenvalue weighted by Crippen LogP contribution is 2.42. The maximum absolute atomic E-state index is 12.9. The highest BCUT2D eigenvalue weighted by Gasteiger charge is 2.53. The van der Waals surface area contributed by atoms with Crippen LogP contribution in [0.3, 0.4) is 0 Å². The third-order valence-electron chi connectivity index (χ3n) is 5.69. The van der Waals surface area contributed by atoms with Crippen molar-refractivity contribution in [2.24, 2.45) is 5.92 Å². The predicted octanol–water partition coefficient (Wildman–Crippen LogP) is 1.76. The molecule has 0 saturated carbocycles. The van der Waals surface area contributed by atoms with Crippen LogP contribution in [0, 0.1) is 5.92 Å². The van der Waals surface area contributed by atoms with E-state index in [1.165, 1.54) is 5.56 Å². The Morgan fingerprint density at radius 1 is 1.19 bits per heavy atom. The number of carbonyl (C=O) groups is 2. The summed E-state index contributed by atoms with van der Waals surface area (Å²) in [4.78, 5) is 30.9. The molecule has 2 aliphatic heterocycles. The van der Waals surface area contributed by atoms with E-state index < -0.39 is 5.54 Å². The summed E-state index contributed by atoms with van der Waals surface area (Å²) in [7, 11) is 0. The van der Waals surface area contributed by atoms with E-state index in [1.807, 2.05) is 29.2 Å². The van der Waals surface area contributed by atoms with Crippen molar-refractivity contribution in [1.29, 1.82) is 0 Å². The number of nitrogens with one attached hydrogen (secondary N) is 2. The van der Waals surface area contributed by atoms with Crippen LogP contribution in [0.25, 0.3) is 0 Å². The van der Waals surface area contributed by atoms with Gasteiger partial charge in [-0.1, -0.05) is 36.4 Å². The van der Waals surface area contributed by atoms with Crippen LogP contribution in [-0.2, 0) is 4.79 Å². The van der Waals surface area contributed by atoms with E-state index in [-0.39, 0.29) is 23.8 Å². The van der Waals surface area contributed by atoms with Crippen LogP contribution in [-0.4, -0.2) is 46.9 Å². The van der Waals surface area contributed by atoms with Crippen LogP contribution >= 0.6 is 0 Å². The number of nitrogens with zero attached hydrogens (tertiary/aromatic N) is 2. The Kier molecular flexibility index (Phi) is 4.66. The average Bonchev–Trinajstić information content (AvgIpc) is 3.06. The minimum atomic E-state index is -0.463. The summed E-state index contributed by atoms with van der Waals surface area (Å²) in [6.07, 6.45) is 2.46. The van der Waals surface area contributed by atoms with Crippen molar-refractivity contribution in [1.82, 2.24) is 20.5 Å². The molecule has 0 aliphatic carbocycles. The number of hydrogen-bond donors (Lipinski definition) is 2. The monoisotopic (exact) mass is 364 g/mol. The van der Waals surface area contributed by atoms with Crippen molar-refractivity contribution in [3.05, 3.63) is 66.0 Å². The largest absolute Gasteiger partial charge is 0.347 e. The number of benzene rings is 1. The third-order valence-corrected chi connectivity index (χ3v) is 5.69. The van der Waals surface area contributed by atoms with Gasteiger partial charge in [0.1, 0.15) is 5.69 Å². The van der Waals surface area contributed by atoms with Gasteiger partial charge in [-0.25, -0.2) is 0 Å². The lowest BCUT2D eigenvalue weighted by Gasteiger charge is -2.45. The molecule has 1 aromatic heterocycles. The lowest BCUT2D eigenvalue weighted by Crippen LogP contribution is -2.64. The van der Waals surface area contributed by atoms with Gasteiger partial charge in [-0.2, -0.15) is 0 Å². The standard InChI is InChI=1S/C21H24N4O2/c1-15(26)24-21-13-23-19(16-7-3-2-4-8-16)17(21)10-12-25(14-21)20(27)18-9-5-6-11-22-18/h2-9,11,17,19,23H,10,12-14H2,1H3,(H,24,26)/t17-,19-,21+/m1/s1. The van der Waals surface area contributed by atoms with Gasteiger partial charge in [0.15, 0.2) is 0 Å². The van der Waals surface area contributed by atoms with Crippen LogP contribution in [0.2, 0.25) is 0 Å². The fourth-order valence-corrected chi connectivity index (χ4v) is 4.58. The topological polar surface area (TPSA) is 74.3 Å². The molecule has 2 saturated heterocycles. The summed E-state index contributed by atoms with van der Waals surface area (Å²) >= 11 is 0. The molecule has 6 nitrogen and oxygen atoms in total. The Bertz CT molecular complexity index is 827. The molecule has 3 heterocycles. The van der Waals surface area contributed by atoms with Gasteiger partial charge in [0.25, 0.3) is 5.91 Å². The Morgan fingerprint density at radius 3 is 2.67 bits per heavy atom. The van der Waals surface area contributed by atoms with Crippen LogP contribution in [0.5, 0.6) is 0 Å². The third kappa shape index (κ3) is 3.32. The number of aromatic nitrogens is 1. The minimum Gasteiger partial charge on any atom is -0.347 e. The maximum Gasteiger partial charge on any atom is 0.272 e. The van der Waals surface area contributed by atoms with Crippen molar-refractivity contribution in [2.45, 2.75) is 24.9 Å². The van der Waals surface area contributed by atoms with Gasteiger partial charge in [0.2, 0.25) is 5.91 Å². The molecule has 0 spiro atoms. The van der Waals surface area contributed by atoms with Gasteiger partial charge in [-0.05, 0) is 24.1 Å². The molecule has 2 aromatic rings. The lowest BCUT2D eigenvalue weighted by atomic mass is 9.75. The smallest absolute Gasteiger partial charge is 0.272 e. The molecular weight excluding hydrogens is 340 g/mol. The highest BCUT2D eigenvalue weighted by molar-refractivity contribution is 5.92. The molecule has 4 rings (SSSR count). The Morgan fingerprint density at radius 2 is 1.96 bits per heavy atom. The first-order chi connectivity index (χ1) is 13.1. The van der Waals surface area contributed by atoms with Gasteiger partial charge in [0, 0.05) is 44.7 Å². The number of pyridine rings is 1. The molecule has 2 aliphatic rings. The molecule has 0 unspecified atom stereocenters. The Labute approximate surface area is 159 Å². The first-order valence-corrected chi connectivity index (χ1v) is 9.36. The molecule has 0 bridgehead atoms. The van der Waals surface area contributed by atoms with E-state index in [2.05, 4.69) is 27.8 Å². The molecular formula is C21H24N4O2. The number of piperidine rings is 1. The molecule has 27 heavy (non-hydrogen) atoms. The van der Waals surface area contributed by atoms with Crippen LogP contribution < -0.4 is 10.6 Å². The zero-order chi connectivity index (χ0) is 18.9. The number of rotatable bonds is 3. The van der Waals surface area contributed by atoms with Gasteiger partial charge in [-0.3, -0.25) is 14.6 Å². The maximum atomic E-state index is 12.9. The van der Waals surface area contributed by atoms with Crippen molar-refractivity contribution >= 4 is 11.8 Å². The summed E-state index contributed by atoms with van der Waals surface area (Å²) in [6, 6.07) is 15.8. The fourth-order valence-electron chi connectivity index (χ4n) is 4.58. The summed E-state index contributed by atoms with van der Waals surface area (Å²) in [5.74, 6) is 0.0844. The molecule has 1 aromatic carbocycles. The van der Waals surface area contributed by atoms with Crippen LogP contribution in [0.15, 0.2) is 54.7 Å². The normalized spacial score (nSPS) is 27.1. The zero-order valence-corrected chi connectivity index (χ0v) is 15.4. The Balaban J connectivity index is 1.61. The second-order valence-electron chi connectivity index (χ2n) is 7.44. The summed E-state index contributed by atoms with van der Waals surface area (Å²) in [5, 5.41) is 6.77. The van der Waals surface area contributed by atoms with Crippen molar-refractivity contribution in [3.8, 4) is 0 Å².